The van der Waals surface area contributed by atoms with Crippen molar-refractivity contribution in [3.05, 3.63) is 138 Å². The average Bonchev–Trinajstić information content (AvgIpc) is 3.14. The molecule has 19 heteroatoms. The highest BCUT2D eigenvalue weighted by atomic mass is 80.9. The van der Waals surface area contributed by atoms with Crippen molar-refractivity contribution in [2.45, 2.75) is 27.7 Å². The predicted octanol–water partition coefficient (Wildman–Crippen LogP) is 11.3. The molecule has 6 aromatic rings. The fourth-order valence-electron chi connectivity index (χ4n) is 4.85. The SMILES string of the molecule is BrBr.CC(=O)Nc1c([N+](=O)[O-])cc(Br)c2ccccc12.CC(=O)Nc1ccc(Br)c2ccccc12.CC(=O)Nc1cccc2ccccc12.CC(=O)O.O=[N+]([O-])O. The number of nitrogens with zero attached hydrogens (tertiary/aromatic N) is 2. The van der Waals surface area contributed by atoms with Crippen LogP contribution in [0, 0.1) is 20.2 Å². The van der Waals surface area contributed by atoms with E-state index in [4.69, 9.17) is 25.2 Å². The first-order valence-corrected chi connectivity index (χ1v) is 21.2. The fraction of sp³-hybridized carbons (Fsp3) is 0.105. The van der Waals surface area contributed by atoms with Gasteiger partial charge in [0.05, 0.1) is 4.92 Å². The molecule has 0 unspecified atom stereocenters. The van der Waals surface area contributed by atoms with Gasteiger partial charge in [0.2, 0.25) is 17.7 Å². The number of nitrogens with one attached hydrogen (secondary N) is 3. The Morgan fingerprint density at radius 2 is 0.947 bits per heavy atom. The number of nitro benzene ring substituents is 1. The van der Waals surface area contributed by atoms with Crippen molar-refractivity contribution in [2.75, 3.05) is 16.0 Å². The van der Waals surface area contributed by atoms with Crippen LogP contribution >= 0.6 is 60.1 Å². The summed E-state index contributed by atoms with van der Waals surface area (Å²) in [4.78, 5) is 61.0. The van der Waals surface area contributed by atoms with Crippen LogP contribution in [-0.4, -0.2) is 44.0 Å². The summed E-state index contributed by atoms with van der Waals surface area (Å²) in [5.74, 6) is -1.27. The molecule has 57 heavy (non-hydrogen) atoms. The number of nitro groups is 1. The lowest BCUT2D eigenvalue weighted by molar-refractivity contribution is -0.742. The number of carbonyl (C=O) groups is 4. The average molecular weight is 1040 g/mol. The van der Waals surface area contributed by atoms with Crippen molar-refractivity contribution >= 4 is 139 Å². The van der Waals surface area contributed by atoms with Gasteiger partial charge >= 0.3 is 0 Å². The smallest absolute Gasteiger partial charge is 0.300 e. The maximum Gasteiger partial charge on any atom is 0.300 e. The molecule has 6 rings (SSSR count). The molecule has 5 N–H and O–H groups in total. The minimum atomic E-state index is -1.50. The third kappa shape index (κ3) is 17.5. The molecule has 0 aliphatic heterocycles. The zero-order valence-electron chi connectivity index (χ0n) is 30.5. The number of anilines is 3. The molecule has 0 bridgehead atoms. The molecular weight excluding hydrogens is 1010 g/mol. The standard InChI is InChI=1S/C12H9BrN2O3.C12H10BrNO.C12H11NO.C2H4O2.Br2.HNO3/c1-7(16)14-12-9-5-3-2-4-8(9)10(13)6-11(12)15(17)18;1-8(15)14-12-7-6-11(13)9-4-2-3-5-10(9)12;1-9(14)13-12-8-4-6-10-5-2-3-7-11(10)12;1-2(3)4;1-2;2-1(3)4/h2-6H,1H3,(H,14,16);2-7H,1H3,(H,14,15);2-8H,1H3,(H,13,14);1H3,(H,3,4);;(H,2,3,4). The van der Waals surface area contributed by atoms with E-state index < -0.39 is 16.0 Å². The molecule has 0 radical (unpaired) electrons. The number of aliphatic carboxylic acids is 1. The lowest BCUT2D eigenvalue weighted by atomic mass is 10.1. The summed E-state index contributed by atoms with van der Waals surface area (Å²) in [6, 6.07) is 34.2. The molecule has 0 atom stereocenters. The molecule has 0 saturated carbocycles. The normalized spacial score (nSPS) is 9.40. The number of benzene rings is 6. The first kappa shape index (κ1) is 49.5. The summed E-state index contributed by atoms with van der Waals surface area (Å²) in [5, 5.41) is 46.0. The summed E-state index contributed by atoms with van der Waals surface area (Å²) in [6.45, 7) is 5.43. The summed E-state index contributed by atoms with van der Waals surface area (Å²) in [5.41, 5.74) is 1.82. The van der Waals surface area contributed by atoms with Gasteiger partial charge in [-0.1, -0.05) is 101 Å². The second-order valence-corrected chi connectivity index (χ2v) is 12.7. The number of carboxylic acid groups (broad SMARTS) is 1. The van der Waals surface area contributed by atoms with E-state index in [-0.39, 0.29) is 29.1 Å². The van der Waals surface area contributed by atoms with E-state index in [1.165, 1.54) is 26.8 Å². The largest absolute Gasteiger partial charge is 0.481 e. The highest BCUT2D eigenvalue weighted by Gasteiger charge is 2.20. The zero-order chi connectivity index (χ0) is 43.2. The number of hydrogen-bond acceptors (Lipinski definition) is 8. The van der Waals surface area contributed by atoms with Gasteiger partial charge in [-0.05, 0) is 50.3 Å². The van der Waals surface area contributed by atoms with Gasteiger partial charge in [-0.2, -0.15) is 0 Å². The molecule has 6 aromatic carbocycles. The second-order valence-electron chi connectivity index (χ2n) is 11.0. The van der Waals surface area contributed by atoms with E-state index >= 15 is 0 Å². The first-order chi connectivity index (χ1) is 26.9. The first-order valence-electron chi connectivity index (χ1n) is 15.9. The third-order valence-electron chi connectivity index (χ3n) is 6.75. The Labute approximate surface area is 358 Å². The Morgan fingerprint density at radius 3 is 1.42 bits per heavy atom. The Kier molecular flexibility index (Phi) is 22.3. The second kappa shape index (κ2) is 25.6. The summed E-state index contributed by atoms with van der Waals surface area (Å²) < 4.78 is 1.66. The maximum absolute atomic E-state index is 11.2. The molecule has 3 amide bonds. The van der Waals surface area contributed by atoms with E-state index in [1.54, 1.807) is 12.1 Å². The lowest BCUT2D eigenvalue weighted by Crippen LogP contribution is -2.08. The molecular formula is C38H35Br4N5O10. The van der Waals surface area contributed by atoms with Crippen LogP contribution in [0.1, 0.15) is 27.7 Å². The molecule has 300 valence electrons. The maximum atomic E-state index is 11.2. The quantitative estimate of drug-likeness (QED) is 0.0828. The van der Waals surface area contributed by atoms with Crippen LogP contribution in [0.4, 0.5) is 22.7 Å². The molecule has 0 heterocycles. The predicted molar refractivity (Wildman–Crippen MR) is 237 cm³/mol. The number of carbonyl (C=O) groups excluding carboxylic acids is 3. The van der Waals surface area contributed by atoms with Gasteiger partial charge in [-0.15, -0.1) is 10.1 Å². The lowest BCUT2D eigenvalue weighted by Gasteiger charge is -2.09. The van der Waals surface area contributed by atoms with Gasteiger partial charge in [0.25, 0.3) is 16.7 Å². The molecule has 0 fully saturated rings. The van der Waals surface area contributed by atoms with Crippen LogP contribution < -0.4 is 16.0 Å². The van der Waals surface area contributed by atoms with Gasteiger partial charge in [-0.3, -0.25) is 29.3 Å². The van der Waals surface area contributed by atoms with Gasteiger partial charge in [0.15, 0.2) is 0 Å². The summed E-state index contributed by atoms with van der Waals surface area (Å²) >= 11 is 12.3. The number of carboxylic acids is 1. The van der Waals surface area contributed by atoms with Crippen LogP contribution in [0.5, 0.6) is 0 Å². The Bertz CT molecular complexity index is 2340. The number of halogens is 4. The molecule has 15 nitrogen and oxygen atoms in total. The van der Waals surface area contributed by atoms with Crippen molar-refractivity contribution in [1.29, 1.82) is 0 Å². The van der Waals surface area contributed by atoms with Crippen LogP contribution in [0.2, 0.25) is 0 Å². The minimum absolute atomic E-state index is 0.0404. The Balaban J connectivity index is 0.000000384. The highest BCUT2D eigenvalue weighted by molar-refractivity contribution is 9.93. The number of fused-ring (bicyclic) bond motifs is 3. The number of rotatable bonds is 4. The Morgan fingerprint density at radius 1 is 0.561 bits per heavy atom. The monoisotopic (exact) mass is 1040 g/mol. The van der Waals surface area contributed by atoms with Gasteiger partial charge in [-0.25, -0.2) is 0 Å². The molecule has 0 spiro atoms. The molecule has 0 aliphatic rings. The zero-order valence-corrected chi connectivity index (χ0v) is 36.8. The van der Waals surface area contributed by atoms with Gasteiger partial charge in [0, 0.05) is 98.5 Å². The van der Waals surface area contributed by atoms with Crippen molar-refractivity contribution in [3.8, 4) is 0 Å². The molecule has 0 aliphatic carbocycles. The van der Waals surface area contributed by atoms with E-state index in [0.717, 1.165) is 49.7 Å². The van der Waals surface area contributed by atoms with E-state index in [1.807, 2.05) is 91.0 Å². The van der Waals surface area contributed by atoms with Gasteiger partial charge < -0.3 is 26.3 Å². The van der Waals surface area contributed by atoms with E-state index in [0.29, 0.717) is 9.86 Å². The summed E-state index contributed by atoms with van der Waals surface area (Å²) in [6.07, 6.45) is 0. The van der Waals surface area contributed by atoms with Crippen LogP contribution in [0.25, 0.3) is 32.3 Å². The van der Waals surface area contributed by atoms with Crippen molar-refractivity contribution < 1.29 is 39.5 Å². The number of hydrogen-bond donors (Lipinski definition) is 5. The van der Waals surface area contributed by atoms with Crippen molar-refractivity contribution in [1.82, 2.24) is 0 Å². The van der Waals surface area contributed by atoms with E-state index in [2.05, 4.69) is 76.1 Å². The van der Waals surface area contributed by atoms with Crippen molar-refractivity contribution in [3.63, 3.8) is 0 Å². The molecule has 0 saturated heterocycles. The topological polar surface area (TPSA) is 231 Å². The third-order valence-corrected chi connectivity index (χ3v) is 8.10. The van der Waals surface area contributed by atoms with Crippen LogP contribution in [0.3, 0.4) is 0 Å². The number of amides is 3. The summed E-state index contributed by atoms with van der Waals surface area (Å²) in [7, 11) is 0. The van der Waals surface area contributed by atoms with Gasteiger partial charge in [0.1, 0.15) is 5.69 Å². The van der Waals surface area contributed by atoms with Crippen LogP contribution in [0.15, 0.2) is 118 Å². The van der Waals surface area contributed by atoms with E-state index in [9.17, 15) is 24.5 Å². The highest BCUT2D eigenvalue weighted by Crippen LogP contribution is 2.38. The Hall–Kier alpha value is -5.50. The van der Waals surface area contributed by atoms with Crippen molar-refractivity contribution in [2.24, 2.45) is 0 Å². The fourth-order valence-corrected chi connectivity index (χ4v) is 5.89. The molecule has 0 aromatic heterocycles. The van der Waals surface area contributed by atoms with Crippen LogP contribution in [-0.2, 0) is 19.2 Å². The minimum Gasteiger partial charge on any atom is -0.481 e.